The molecule has 7 nitrogen and oxygen atoms in total. The van der Waals surface area contributed by atoms with Crippen LogP contribution < -0.4 is 0 Å². The minimum atomic E-state index is -0.0111. The van der Waals surface area contributed by atoms with Gasteiger partial charge < -0.3 is 4.90 Å². The van der Waals surface area contributed by atoms with Gasteiger partial charge in [-0.3, -0.25) is 14.6 Å². The van der Waals surface area contributed by atoms with Crippen LogP contribution in [-0.2, 0) is 0 Å². The first-order valence-electron chi connectivity index (χ1n) is 8.96. The molecule has 1 N–H and O–H groups in total. The molecule has 0 aromatic carbocycles. The molecule has 0 spiro atoms. The van der Waals surface area contributed by atoms with Gasteiger partial charge in [0.05, 0.1) is 23.8 Å². The van der Waals surface area contributed by atoms with Gasteiger partial charge in [-0.2, -0.15) is 10.2 Å². The highest BCUT2D eigenvalue weighted by molar-refractivity contribution is 5.95. The van der Waals surface area contributed by atoms with Crippen molar-refractivity contribution in [3.8, 4) is 0 Å². The van der Waals surface area contributed by atoms with Gasteiger partial charge in [-0.25, -0.2) is 4.98 Å². The first-order valence-corrected chi connectivity index (χ1v) is 8.96. The first-order chi connectivity index (χ1) is 11.8. The van der Waals surface area contributed by atoms with E-state index < -0.39 is 0 Å². The van der Waals surface area contributed by atoms with Crippen molar-refractivity contribution >= 4 is 5.91 Å². The molecule has 2 fully saturated rings. The number of likely N-dealkylation sites (tertiary alicyclic amines) is 1. The Labute approximate surface area is 141 Å². The highest BCUT2D eigenvalue weighted by Gasteiger charge is 2.32. The molecule has 1 atom stereocenters. The van der Waals surface area contributed by atoms with Crippen LogP contribution in [0.5, 0.6) is 0 Å². The van der Waals surface area contributed by atoms with Crippen LogP contribution in [0.3, 0.4) is 0 Å². The Morgan fingerprint density at radius 1 is 1.21 bits per heavy atom. The van der Waals surface area contributed by atoms with Gasteiger partial charge in [-0.05, 0) is 39.0 Å². The van der Waals surface area contributed by atoms with Crippen molar-refractivity contribution in [3.05, 3.63) is 29.6 Å². The lowest BCUT2D eigenvalue weighted by Crippen LogP contribution is -2.39. The maximum absolute atomic E-state index is 13.2. The minimum Gasteiger partial charge on any atom is -0.328 e. The van der Waals surface area contributed by atoms with E-state index in [1.54, 1.807) is 6.20 Å². The molecule has 3 heterocycles. The van der Waals surface area contributed by atoms with Crippen molar-refractivity contribution in [1.29, 1.82) is 0 Å². The van der Waals surface area contributed by atoms with Crippen molar-refractivity contribution in [3.63, 3.8) is 0 Å². The van der Waals surface area contributed by atoms with Crippen LogP contribution in [0, 0.1) is 6.92 Å². The molecule has 128 valence electrons. The van der Waals surface area contributed by atoms with E-state index in [0.717, 1.165) is 42.9 Å². The molecule has 4 rings (SSSR count). The third-order valence-corrected chi connectivity index (χ3v) is 5.46. The maximum Gasteiger partial charge on any atom is 0.257 e. The summed E-state index contributed by atoms with van der Waals surface area (Å²) in [7, 11) is 0. The molecule has 1 aliphatic heterocycles. The standard InChI is InChI=1S/C17H24N6O/c1-12-14(10-20-23(12)13-6-2-3-7-13)17(24)22-9-5-4-8-15(22)16-18-11-19-21-16/h10-11,13,15H,2-9H2,1H3,(H,18,19,21)/t15-/m1/s1. The number of nitrogens with zero attached hydrogens (tertiary/aromatic N) is 5. The zero-order valence-corrected chi connectivity index (χ0v) is 14.1. The lowest BCUT2D eigenvalue weighted by molar-refractivity contribution is 0.0599. The van der Waals surface area contributed by atoms with Crippen LogP contribution >= 0.6 is 0 Å². The quantitative estimate of drug-likeness (QED) is 0.939. The van der Waals surface area contributed by atoms with Gasteiger partial charge in [0.15, 0.2) is 0 Å². The molecular formula is C17H24N6O. The van der Waals surface area contributed by atoms with Gasteiger partial charge in [-0.1, -0.05) is 12.8 Å². The van der Waals surface area contributed by atoms with E-state index in [2.05, 4.69) is 25.0 Å². The van der Waals surface area contributed by atoms with Crippen LogP contribution in [-0.4, -0.2) is 42.3 Å². The Kier molecular flexibility index (Phi) is 4.08. The number of carbonyl (C=O) groups excluding carboxylic acids is 1. The Morgan fingerprint density at radius 3 is 2.75 bits per heavy atom. The third-order valence-electron chi connectivity index (χ3n) is 5.46. The molecule has 1 saturated heterocycles. The summed E-state index contributed by atoms with van der Waals surface area (Å²) < 4.78 is 2.06. The summed E-state index contributed by atoms with van der Waals surface area (Å²) in [6.07, 6.45) is 11.2. The first kappa shape index (κ1) is 15.4. The van der Waals surface area contributed by atoms with Crippen LogP contribution in [0.4, 0.5) is 0 Å². The van der Waals surface area contributed by atoms with Gasteiger partial charge in [0.1, 0.15) is 12.2 Å². The van der Waals surface area contributed by atoms with E-state index in [-0.39, 0.29) is 11.9 Å². The topological polar surface area (TPSA) is 79.7 Å². The molecule has 0 radical (unpaired) electrons. The van der Waals surface area contributed by atoms with Gasteiger partial charge >= 0.3 is 0 Å². The lowest BCUT2D eigenvalue weighted by Gasteiger charge is -2.34. The summed E-state index contributed by atoms with van der Waals surface area (Å²) in [5, 5.41) is 11.4. The van der Waals surface area contributed by atoms with Crippen LogP contribution in [0.2, 0.25) is 0 Å². The van der Waals surface area contributed by atoms with Gasteiger partial charge in [0, 0.05) is 12.2 Å². The number of aromatic amines is 1. The monoisotopic (exact) mass is 328 g/mol. The Bertz CT molecular complexity index is 701. The van der Waals surface area contributed by atoms with Crippen molar-refractivity contribution in [2.75, 3.05) is 6.54 Å². The number of nitrogens with one attached hydrogen (secondary N) is 1. The second-order valence-electron chi connectivity index (χ2n) is 6.91. The predicted molar refractivity (Wildman–Crippen MR) is 88.5 cm³/mol. The summed E-state index contributed by atoms with van der Waals surface area (Å²) in [5.41, 5.74) is 1.72. The van der Waals surface area contributed by atoms with Crippen molar-refractivity contribution in [1.82, 2.24) is 29.9 Å². The van der Waals surface area contributed by atoms with Gasteiger partial charge in [0.2, 0.25) is 0 Å². The van der Waals surface area contributed by atoms with Crippen molar-refractivity contribution in [2.45, 2.75) is 64.0 Å². The van der Waals surface area contributed by atoms with Crippen molar-refractivity contribution in [2.24, 2.45) is 0 Å². The zero-order chi connectivity index (χ0) is 16.5. The summed E-state index contributed by atoms with van der Waals surface area (Å²) in [5.74, 6) is 0.849. The molecule has 1 aliphatic carbocycles. The van der Waals surface area contributed by atoms with Crippen LogP contribution in [0.1, 0.15) is 78.9 Å². The molecule has 1 saturated carbocycles. The Balaban J connectivity index is 1.60. The van der Waals surface area contributed by atoms with E-state index in [1.165, 1.54) is 32.0 Å². The Hall–Kier alpha value is -2.18. The molecule has 0 unspecified atom stereocenters. The van der Waals surface area contributed by atoms with E-state index >= 15 is 0 Å². The molecular weight excluding hydrogens is 304 g/mol. The SMILES string of the molecule is Cc1c(C(=O)N2CCCC[C@@H]2c2ncn[nH]2)cnn1C1CCCC1. The number of rotatable bonds is 3. The molecule has 2 aliphatic rings. The number of carbonyl (C=O) groups is 1. The molecule has 2 aromatic rings. The van der Waals surface area contributed by atoms with E-state index in [1.807, 2.05) is 11.8 Å². The third kappa shape index (κ3) is 2.61. The fraction of sp³-hybridized carbons (Fsp3) is 0.647. The summed E-state index contributed by atoms with van der Waals surface area (Å²) in [4.78, 5) is 19.4. The summed E-state index contributed by atoms with van der Waals surface area (Å²) >= 11 is 0. The van der Waals surface area contributed by atoms with E-state index in [9.17, 15) is 4.79 Å². The second-order valence-corrected chi connectivity index (χ2v) is 6.91. The molecule has 1 amide bonds. The molecule has 2 aromatic heterocycles. The molecule has 0 bridgehead atoms. The average molecular weight is 328 g/mol. The number of hydrogen-bond donors (Lipinski definition) is 1. The number of H-pyrrole nitrogens is 1. The van der Waals surface area contributed by atoms with Gasteiger partial charge in [-0.15, -0.1) is 0 Å². The average Bonchev–Trinajstić information content (AvgIpc) is 3.35. The van der Waals surface area contributed by atoms with Crippen molar-refractivity contribution < 1.29 is 4.79 Å². The lowest BCUT2D eigenvalue weighted by atomic mass is 10.0. The smallest absolute Gasteiger partial charge is 0.257 e. The normalized spacial score (nSPS) is 22.2. The predicted octanol–water partition coefficient (Wildman–Crippen LogP) is 2.79. The number of amides is 1. The number of aromatic nitrogens is 5. The molecule has 24 heavy (non-hydrogen) atoms. The number of piperidine rings is 1. The maximum atomic E-state index is 13.2. The van der Waals surface area contributed by atoms with Crippen LogP contribution in [0.25, 0.3) is 0 Å². The fourth-order valence-corrected chi connectivity index (χ4v) is 4.14. The second kappa shape index (κ2) is 6.37. The minimum absolute atomic E-state index is 0.0111. The zero-order valence-electron chi connectivity index (χ0n) is 14.1. The van der Waals surface area contributed by atoms with Crippen LogP contribution in [0.15, 0.2) is 12.5 Å². The number of hydrogen-bond acceptors (Lipinski definition) is 4. The van der Waals surface area contributed by atoms with E-state index in [4.69, 9.17) is 0 Å². The summed E-state index contributed by atoms with van der Waals surface area (Å²) in [6.45, 7) is 2.78. The summed E-state index contributed by atoms with van der Waals surface area (Å²) in [6, 6.07) is 0.445. The Morgan fingerprint density at radius 2 is 2.00 bits per heavy atom. The van der Waals surface area contributed by atoms with Gasteiger partial charge in [0.25, 0.3) is 5.91 Å². The largest absolute Gasteiger partial charge is 0.328 e. The molecule has 7 heteroatoms. The highest BCUT2D eigenvalue weighted by Crippen LogP contribution is 2.33. The fourth-order valence-electron chi connectivity index (χ4n) is 4.14. The van der Waals surface area contributed by atoms with E-state index in [0.29, 0.717) is 6.04 Å². The highest BCUT2D eigenvalue weighted by atomic mass is 16.2.